The Hall–Kier alpha value is -0.860. The van der Waals surface area contributed by atoms with Gasteiger partial charge in [-0.1, -0.05) is 41.9 Å². The van der Waals surface area contributed by atoms with E-state index in [2.05, 4.69) is 0 Å². The molecule has 13 heavy (non-hydrogen) atoms. The minimum atomic E-state index is -0.970. The van der Waals surface area contributed by atoms with Crippen LogP contribution in [0.5, 0.6) is 0 Å². The molecule has 1 nitrogen and oxygen atoms in total. The van der Waals surface area contributed by atoms with Crippen LogP contribution < -0.4 is 0 Å². The molecular weight excluding hydrogens is 191 g/mol. The zero-order valence-corrected chi connectivity index (χ0v) is 7.92. The molecule has 0 saturated carbocycles. The molecule has 0 spiro atoms. The van der Waals surface area contributed by atoms with Crippen LogP contribution in [0.3, 0.4) is 0 Å². The number of aliphatic hydroxyl groups excluding tert-OH is 1. The topological polar surface area (TPSA) is 20.2 Å². The van der Waals surface area contributed by atoms with E-state index in [0.717, 1.165) is 0 Å². The molecule has 0 fully saturated rings. The zero-order chi connectivity index (χ0) is 9.84. The third-order valence-corrected chi connectivity index (χ3v) is 2.09. The molecule has 0 aliphatic heterocycles. The van der Waals surface area contributed by atoms with E-state index in [1.165, 1.54) is 6.92 Å². The second-order valence-electron chi connectivity index (χ2n) is 2.70. The highest BCUT2D eigenvalue weighted by molar-refractivity contribution is 6.32. The number of halogens is 2. The lowest BCUT2D eigenvalue weighted by molar-refractivity contribution is 0.239. The van der Waals surface area contributed by atoms with Gasteiger partial charge in [-0.3, -0.25) is 0 Å². The maximum absolute atomic E-state index is 13.4. The van der Waals surface area contributed by atoms with Gasteiger partial charge in [0, 0.05) is 5.56 Å². The summed E-state index contributed by atoms with van der Waals surface area (Å²) >= 11 is 5.56. The molecule has 0 amide bonds. The number of aliphatic hydroxyl groups is 1. The van der Waals surface area contributed by atoms with Gasteiger partial charge in [-0.25, -0.2) is 4.39 Å². The average Bonchev–Trinajstić information content (AvgIpc) is 2.17. The molecule has 1 rings (SSSR count). The first-order chi connectivity index (χ1) is 6.13. The second-order valence-corrected chi connectivity index (χ2v) is 3.11. The van der Waals surface area contributed by atoms with Crippen LogP contribution in [0.25, 0.3) is 5.83 Å². The Balaban J connectivity index is 3.03. The van der Waals surface area contributed by atoms with E-state index in [1.807, 2.05) is 0 Å². The van der Waals surface area contributed by atoms with Crippen LogP contribution in [0.15, 0.2) is 35.4 Å². The lowest BCUT2D eigenvalue weighted by Crippen LogP contribution is -2.00. The maximum atomic E-state index is 13.4. The second kappa shape index (κ2) is 4.40. The van der Waals surface area contributed by atoms with Crippen molar-refractivity contribution in [2.24, 2.45) is 0 Å². The summed E-state index contributed by atoms with van der Waals surface area (Å²) in [4.78, 5) is 0. The Kier molecular flexibility index (Phi) is 3.46. The summed E-state index contributed by atoms with van der Waals surface area (Å²) < 4.78 is 13.4. The SMILES string of the molecule is CC(O)/C(Cl)=C(\F)c1ccccc1. The molecule has 1 aromatic carbocycles. The van der Waals surface area contributed by atoms with Crippen LogP contribution in [-0.4, -0.2) is 11.2 Å². The Morgan fingerprint density at radius 1 is 1.38 bits per heavy atom. The van der Waals surface area contributed by atoms with Crippen molar-refractivity contribution in [3.8, 4) is 0 Å². The minimum absolute atomic E-state index is 0.161. The van der Waals surface area contributed by atoms with Crippen LogP contribution in [-0.2, 0) is 0 Å². The van der Waals surface area contributed by atoms with Crippen LogP contribution in [0.2, 0.25) is 0 Å². The monoisotopic (exact) mass is 200 g/mol. The Morgan fingerprint density at radius 3 is 2.38 bits per heavy atom. The lowest BCUT2D eigenvalue weighted by atomic mass is 10.2. The van der Waals surface area contributed by atoms with Crippen molar-refractivity contribution in [3.05, 3.63) is 40.9 Å². The largest absolute Gasteiger partial charge is 0.388 e. The summed E-state index contributed by atoms with van der Waals surface area (Å²) in [5, 5.41) is 8.86. The third kappa shape index (κ3) is 2.54. The Labute approximate surface area is 81.5 Å². The van der Waals surface area contributed by atoms with Gasteiger partial charge in [0.25, 0.3) is 0 Å². The van der Waals surface area contributed by atoms with Gasteiger partial charge in [-0.15, -0.1) is 0 Å². The first kappa shape index (κ1) is 10.2. The molecule has 0 aliphatic rings. The molecule has 3 heteroatoms. The van der Waals surface area contributed by atoms with Crippen molar-refractivity contribution in [2.75, 3.05) is 0 Å². The van der Waals surface area contributed by atoms with Gasteiger partial charge < -0.3 is 5.11 Å². The van der Waals surface area contributed by atoms with Crippen molar-refractivity contribution in [1.29, 1.82) is 0 Å². The van der Waals surface area contributed by atoms with Crippen molar-refractivity contribution in [3.63, 3.8) is 0 Å². The van der Waals surface area contributed by atoms with Gasteiger partial charge in [-0.05, 0) is 6.92 Å². The van der Waals surface area contributed by atoms with E-state index >= 15 is 0 Å². The fraction of sp³-hybridized carbons (Fsp3) is 0.200. The highest BCUT2D eigenvalue weighted by atomic mass is 35.5. The molecule has 1 aromatic rings. The number of benzene rings is 1. The van der Waals surface area contributed by atoms with Gasteiger partial charge in [0.2, 0.25) is 0 Å². The quantitative estimate of drug-likeness (QED) is 0.778. The van der Waals surface area contributed by atoms with Crippen LogP contribution in [0.4, 0.5) is 4.39 Å². The molecule has 1 unspecified atom stereocenters. The lowest BCUT2D eigenvalue weighted by Gasteiger charge is -2.04. The van der Waals surface area contributed by atoms with E-state index in [4.69, 9.17) is 16.7 Å². The van der Waals surface area contributed by atoms with E-state index in [-0.39, 0.29) is 5.03 Å². The smallest absolute Gasteiger partial charge is 0.147 e. The first-order valence-corrected chi connectivity index (χ1v) is 4.29. The molecule has 0 radical (unpaired) electrons. The highest BCUT2D eigenvalue weighted by Crippen LogP contribution is 2.24. The summed E-state index contributed by atoms with van der Waals surface area (Å²) in [5.41, 5.74) is 0.383. The molecule has 0 aromatic heterocycles. The molecule has 1 N–H and O–H groups in total. The molecular formula is C10H10ClFO. The third-order valence-electron chi connectivity index (χ3n) is 1.60. The molecule has 1 atom stereocenters. The van der Waals surface area contributed by atoms with Crippen molar-refractivity contribution in [1.82, 2.24) is 0 Å². The maximum Gasteiger partial charge on any atom is 0.147 e. The normalized spacial score (nSPS) is 15.1. The fourth-order valence-electron chi connectivity index (χ4n) is 0.906. The summed E-state index contributed by atoms with van der Waals surface area (Å²) in [6, 6.07) is 8.40. The van der Waals surface area contributed by atoms with Gasteiger partial charge in [-0.2, -0.15) is 0 Å². The number of hydrogen-bond donors (Lipinski definition) is 1. The highest BCUT2D eigenvalue weighted by Gasteiger charge is 2.10. The first-order valence-electron chi connectivity index (χ1n) is 3.91. The average molecular weight is 201 g/mol. The van der Waals surface area contributed by atoms with Crippen LogP contribution in [0.1, 0.15) is 12.5 Å². The van der Waals surface area contributed by atoms with E-state index in [1.54, 1.807) is 30.3 Å². The Morgan fingerprint density at radius 2 is 1.92 bits per heavy atom. The summed E-state index contributed by atoms with van der Waals surface area (Å²) in [6.45, 7) is 1.42. The van der Waals surface area contributed by atoms with E-state index in [0.29, 0.717) is 5.56 Å². The number of hydrogen-bond acceptors (Lipinski definition) is 1. The molecule has 0 heterocycles. The van der Waals surface area contributed by atoms with Gasteiger partial charge >= 0.3 is 0 Å². The van der Waals surface area contributed by atoms with Crippen LogP contribution >= 0.6 is 11.6 Å². The summed E-state index contributed by atoms with van der Waals surface area (Å²) in [6.07, 6.45) is -0.970. The van der Waals surface area contributed by atoms with Crippen molar-refractivity contribution < 1.29 is 9.50 Å². The molecule has 70 valence electrons. The predicted molar refractivity (Wildman–Crippen MR) is 52.0 cm³/mol. The Bertz CT molecular complexity index is 306. The standard InChI is InChI=1S/C10H10ClFO/c1-7(13)9(11)10(12)8-5-3-2-4-6-8/h2-7,13H,1H3/b10-9+. The van der Waals surface area contributed by atoms with Crippen molar-refractivity contribution >= 4 is 17.4 Å². The number of rotatable bonds is 2. The zero-order valence-electron chi connectivity index (χ0n) is 7.17. The minimum Gasteiger partial charge on any atom is -0.388 e. The fourth-order valence-corrected chi connectivity index (χ4v) is 1.01. The van der Waals surface area contributed by atoms with E-state index in [9.17, 15) is 4.39 Å². The van der Waals surface area contributed by atoms with Gasteiger partial charge in [0.05, 0.1) is 11.1 Å². The molecule has 0 aliphatic carbocycles. The summed E-state index contributed by atoms with van der Waals surface area (Å²) in [5.74, 6) is -0.572. The summed E-state index contributed by atoms with van der Waals surface area (Å²) in [7, 11) is 0. The van der Waals surface area contributed by atoms with Gasteiger partial charge in [0.1, 0.15) is 5.83 Å². The molecule has 0 saturated heterocycles. The van der Waals surface area contributed by atoms with Crippen LogP contribution in [0, 0.1) is 0 Å². The molecule has 0 bridgehead atoms. The van der Waals surface area contributed by atoms with Crippen molar-refractivity contribution in [2.45, 2.75) is 13.0 Å². The van der Waals surface area contributed by atoms with E-state index < -0.39 is 11.9 Å². The van der Waals surface area contributed by atoms with Gasteiger partial charge in [0.15, 0.2) is 0 Å². The predicted octanol–water partition coefficient (Wildman–Crippen LogP) is 2.94.